The Kier molecular flexibility index (Phi) is 6.58. The van der Waals surface area contributed by atoms with E-state index in [4.69, 9.17) is 0 Å². The molecule has 2 amide bonds. The van der Waals surface area contributed by atoms with Crippen molar-refractivity contribution >= 4 is 17.5 Å². The van der Waals surface area contributed by atoms with Crippen molar-refractivity contribution < 1.29 is 9.59 Å². The summed E-state index contributed by atoms with van der Waals surface area (Å²) in [6.07, 6.45) is 3.31. The summed E-state index contributed by atoms with van der Waals surface area (Å²) in [7, 11) is 0. The van der Waals surface area contributed by atoms with Gasteiger partial charge in [0.15, 0.2) is 0 Å². The molecule has 2 N–H and O–H groups in total. The highest BCUT2D eigenvalue weighted by Gasteiger charge is 2.16. The molecule has 0 radical (unpaired) electrons. The second kappa shape index (κ2) is 9.50. The van der Waals surface area contributed by atoms with Gasteiger partial charge < -0.3 is 15.2 Å². The van der Waals surface area contributed by atoms with Crippen LogP contribution in [-0.4, -0.2) is 21.4 Å². The Bertz CT molecular complexity index is 1230. The van der Waals surface area contributed by atoms with Gasteiger partial charge in [0.25, 0.3) is 11.5 Å². The van der Waals surface area contributed by atoms with Gasteiger partial charge in [0.2, 0.25) is 5.91 Å². The van der Waals surface area contributed by atoms with Gasteiger partial charge in [-0.05, 0) is 49.2 Å². The summed E-state index contributed by atoms with van der Waals surface area (Å²) in [5, 5.41) is 14.7. The van der Waals surface area contributed by atoms with Gasteiger partial charge in [-0.15, -0.1) is 0 Å². The van der Waals surface area contributed by atoms with Gasteiger partial charge in [-0.2, -0.15) is 5.26 Å². The lowest BCUT2D eigenvalue weighted by Gasteiger charge is -2.14. The van der Waals surface area contributed by atoms with Crippen LogP contribution in [0, 0.1) is 25.2 Å². The van der Waals surface area contributed by atoms with Gasteiger partial charge in [0.1, 0.15) is 18.2 Å². The molecule has 2 heterocycles. The first-order valence-electron chi connectivity index (χ1n) is 9.58. The SMILES string of the molecule is Cc1cc(C)n(CC(=O)Nc2ccccc2C(=O)NCc2cccnc2)c(=O)c1C#N. The van der Waals surface area contributed by atoms with Crippen LogP contribution >= 0.6 is 0 Å². The maximum atomic E-state index is 12.6. The summed E-state index contributed by atoms with van der Waals surface area (Å²) in [4.78, 5) is 41.8. The first-order chi connectivity index (χ1) is 14.9. The highest BCUT2D eigenvalue weighted by atomic mass is 16.2. The lowest BCUT2D eigenvalue weighted by Crippen LogP contribution is -2.32. The average molecular weight is 415 g/mol. The number of hydrogen-bond acceptors (Lipinski definition) is 5. The first kappa shape index (κ1) is 21.5. The largest absolute Gasteiger partial charge is 0.348 e. The molecule has 0 unspecified atom stereocenters. The zero-order valence-corrected chi connectivity index (χ0v) is 17.2. The maximum Gasteiger partial charge on any atom is 0.269 e. The zero-order chi connectivity index (χ0) is 22.4. The molecular weight excluding hydrogens is 394 g/mol. The highest BCUT2D eigenvalue weighted by molar-refractivity contribution is 6.03. The summed E-state index contributed by atoms with van der Waals surface area (Å²) in [5.41, 5.74) is 2.10. The number of para-hydroxylation sites is 1. The molecule has 0 spiro atoms. The summed E-state index contributed by atoms with van der Waals surface area (Å²) < 4.78 is 1.24. The minimum absolute atomic E-state index is 0.00794. The van der Waals surface area contributed by atoms with Crippen molar-refractivity contribution in [2.45, 2.75) is 26.9 Å². The quantitative estimate of drug-likeness (QED) is 0.641. The molecule has 3 rings (SSSR count). The maximum absolute atomic E-state index is 12.6. The molecule has 156 valence electrons. The number of aromatic nitrogens is 2. The molecule has 0 aliphatic rings. The number of nitriles is 1. The van der Waals surface area contributed by atoms with E-state index in [1.807, 2.05) is 12.1 Å². The summed E-state index contributed by atoms with van der Waals surface area (Å²) in [6.45, 7) is 3.40. The second-order valence-electron chi connectivity index (χ2n) is 6.98. The summed E-state index contributed by atoms with van der Waals surface area (Å²) >= 11 is 0. The van der Waals surface area contributed by atoms with Crippen molar-refractivity contribution in [1.82, 2.24) is 14.9 Å². The van der Waals surface area contributed by atoms with Crippen molar-refractivity contribution in [2.24, 2.45) is 0 Å². The topological polar surface area (TPSA) is 117 Å². The van der Waals surface area contributed by atoms with E-state index >= 15 is 0 Å². The molecule has 0 fully saturated rings. The van der Waals surface area contributed by atoms with Gasteiger partial charge in [0, 0.05) is 24.6 Å². The summed E-state index contributed by atoms with van der Waals surface area (Å²) in [5.74, 6) is -0.833. The van der Waals surface area contributed by atoms with E-state index in [1.54, 1.807) is 62.6 Å². The summed E-state index contributed by atoms with van der Waals surface area (Å²) in [6, 6.07) is 13.8. The van der Waals surface area contributed by atoms with Crippen molar-refractivity contribution in [2.75, 3.05) is 5.32 Å². The fourth-order valence-electron chi connectivity index (χ4n) is 3.16. The number of nitrogens with one attached hydrogen (secondary N) is 2. The number of aryl methyl sites for hydroxylation is 2. The van der Waals surface area contributed by atoms with E-state index in [9.17, 15) is 19.6 Å². The van der Waals surface area contributed by atoms with Gasteiger partial charge in [-0.1, -0.05) is 18.2 Å². The fourth-order valence-corrected chi connectivity index (χ4v) is 3.16. The van der Waals surface area contributed by atoms with Crippen LogP contribution in [0.25, 0.3) is 0 Å². The third-order valence-electron chi connectivity index (χ3n) is 4.74. The number of rotatable bonds is 6. The molecule has 1 aromatic carbocycles. The number of anilines is 1. The van der Waals surface area contributed by atoms with E-state index in [0.29, 0.717) is 29.1 Å². The number of nitrogens with zero attached hydrogens (tertiary/aromatic N) is 3. The first-order valence-corrected chi connectivity index (χ1v) is 9.58. The van der Waals surface area contributed by atoms with Crippen molar-refractivity contribution in [3.05, 3.63) is 93.2 Å². The third kappa shape index (κ3) is 5.03. The molecule has 2 aromatic heterocycles. The van der Waals surface area contributed by atoms with E-state index in [0.717, 1.165) is 5.56 Å². The van der Waals surface area contributed by atoms with Crippen LogP contribution in [-0.2, 0) is 17.9 Å². The predicted octanol–water partition coefficient (Wildman–Crippen LogP) is 2.30. The van der Waals surface area contributed by atoms with E-state index < -0.39 is 11.5 Å². The Labute approximate surface area is 179 Å². The van der Waals surface area contributed by atoms with Crippen molar-refractivity contribution in [3.63, 3.8) is 0 Å². The van der Waals surface area contributed by atoms with Gasteiger partial charge in [0.05, 0.1) is 11.3 Å². The Morgan fingerprint density at radius 3 is 2.65 bits per heavy atom. The molecule has 0 atom stereocenters. The van der Waals surface area contributed by atoms with Crippen LogP contribution in [0.3, 0.4) is 0 Å². The molecule has 0 saturated heterocycles. The van der Waals surface area contributed by atoms with E-state index in [2.05, 4.69) is 15.6 Å². The highest BCUT2D eigenvalue weighted by Crippen LogP contribution is 2.15. The van der Waals surface area contributed by atoms with Crippen LogP contribution in [0.2, 0.25) is 0 Å². The molecule has 0 aliphatic heterocycles. The molecule has 0 bridgehead atoms. The average Bonchev–Trinajstić information content (AvgIpc) is 2.76. The molecule has 31 heavy (non-hydrogen) atoms. The lowest BCUT2D eigenvalue weighted by molar-refractivity contribution is -0.116. The monoisotopic (exact) mass is 415 g/mol. The minimum Gasteiger partial charge on any atom is -0.348 e. The van der Waals surface area contributed by atoms with Crippen LogP contribution in [0.4, 0.5) is 5.69 Å². The molecule has 0 aliphatic carbocycles. The van der Waals surface area contributed by atoms with Gasteiger partial charge in [-0.25, -0.2) is 0 Å². The Balaban J connectivity index is 1.75. The lowest BCUT2D eigenvalue weighted by atomic mass is 10.1. The molecule has 3 aromatic rings. The minimum atomic E-state index is -0.516. The number of carbonyl (C=O) groups excluding carboxylic acids is 2. The van der Waals surface area contributed by atoms with Crippen LogP contribution in [0.5, 0.6) is 0 Å². The van der Waals surface area contributed by atoms with Crippen molar-refractivity contribution in [1.29, 1.82) is 5.26 Å². The van der Waals surface area contributed by atoms with Crippen molar-refractivity contribution in [3.8, 4) is 6.07 Å². The normalized spacial score (nSPS) is 10.2. The fraction of sp³-hybridized carbons (Fsp3) is 0.174. The molecule has 0 saturated carbocycles. The smallest absolute Gasteiger partial charge is 0.269 e. The number of hydrogen-bond donors (Lipinski definition) is 2. The number of benzene rings is 1. The van der Waals surface area contributed by atoms with E-state index in [1.165, 1.54) is 4.57 Å². The van der Waals surface area contributed by atoms with Crippen LogP contribution in [0.15, 0.2) is 59.7 Å². The van der Waals surface area contributed by atoms with Crippen LogP contribution in [0.1, 0.15) is 32.7 Å². The molecular formula is C23H21N5O3. The predicted molar refractivity (Wildman–Crippen MR) is 115 cm³/mol. The number of amides is 2. The van der Waals surface area contributed by atoms with Gasteiger partial charge in [-0.3, -0.25) is 19.4 Å². The van der Waals surface area contributed by atoms with Gasteiger partial charge >= 0.3 is 0 Å². The van der Waals surface area contributed by atoms with E-state index in [-0.39, 0.29) is 18.0 Å². The molecule has 8 heteroatoms. The van der Waals surface area contributed by atoms with Crippen LogP contribution < -0.4 is 16.2 Å². The Hall–Kier alpha value is -4.25. The molecule has 8 nitrogen and oxygen atoms in total. The number of carbonyl (C=O) groups is 2. The second-order valence-corrected chi connectivity index (χ2v) is 6.98. The zero-order valence-electron chi connectivity index (χ0n) is 17.2. The standard InChI is InChI=1S/C23H21N5O3/c1-15-10-16(2)28(23(31)19(15)11-24)14-21(29)27-20-8-4-3-7-18(20)22(30)26-13-17-6-5-9-25-12-17/h3-10,12H,13-14H2,1-2H3,(H,26,30)(H,27,29). The number of pyridine rings is 2. The third-order valence-corrected chi connectivity index (χ3v) is 4.74. The Morgan fingerprint density at radius 1 is 1.16 bits per heavy atom. The Morgan fingerprint density at radius 2 is 1.94 bits per heavy atom.